The minimum absolute atomic E-state index is 0.205. The van der Waals surface area contributed by atoms with Crippen LogP contribution in [-0.4, -0.2) is 30.4 Å². The molecule has 164 valence electrons. The van der Waals surface area contributed by atoms with Gasteiger partial charge in [-0.25, -0.2) is 0 Å². The van der Waals surface area contributed by atoms with Gasteiger partial charge in [-0.15, -0.1) is 0 Å². The number of rotatable bonds is 2. The molecule has 2 aliphatic carbocycles. The lowest BCUT2D eigenvalue weighted by atomic mass is 9.86. The van der Waals surface area contributed by atoms with Crippen molar-refractivity contribution in [2.24, 2.45) is 4.99 Å². The molecule has 2 heteroatoms. The van der Waals surface area contributed by atoms with E-state index in [2.05, 4.69) is 114 Å². The van der Waals surface area contributed by atoms with Crippen LogP contribution in [0.3, 0.4) is 0 Å². The minimum Gasteiger partial charge on any atom is -0.356 e. The summed E-state index contributed by atoms with van der Waals surface area (Å²) in [6, 6.07) is 23.4. The summed E-state index contributed by atoms with van der Waals surface area (Å²) in [4.78, 5) is 6.91. The molecule has 0 fully saturated rings. The van der Waals surface area contributed by atoms with Gasteiger partial charge in [0, 0.05) is 7.05 Å². The molecule has 0 radical (unpaired) electrons. The van der Waals surface area contributed by atoms with E-state index in [0.717, 1.165) is 12.8 Å². The van der Waals surface area contributed by atoms with Crippen molar-refractivity contribution in [2.75, 3.05) is 7.05 Å². The van der Waals surface area contributed by atoms with Gasteiger partial charge >= 0.3 is 0 Å². The van der Waals surface area contributed by atoms with Gasteiger partial charge < -0.3 is 4.90 Å². The molecule has 2 nitrogen and oxygen atoms in total. The van der Waals surface area contributed by atoms with Gasteiger partial charge in [-0.3, -0.25) is 4.99 Å². The molecule has 0 bridgehead atoms. The summed E-state index contributed by atoms with van der Waals surface area (Å²) in [5.41, 5.74) is 5.39. The number of allylic oxidation sites excluding steroid dienone is 6. The van der Waals surface area contributed by atoms with Gasteiger partial charge in [0.2, 0.25) is 0 Å². The van der Waals surface area contributed by atoms with Gasteiger partial charge in [-0.05, 0) is 79.6 Å². The van der Waals surface area contributed by atoms with Crippen molar-refractivity contribution in [3.8, 4) is 0 Å². The van der Waals surface area contributed by atoms with Crippen LogP contribution in [0.2, 0.25) is 0 Å². The van der Waals surface area contributed by atoms with E-state index in [1.165, 1.54) is 54.6 Å². The molecule has 1 heterocycles. The van der Waals surface area contributed by atoms with Crippen LogP contribution >= 0.6 is 0 Å². The molecule has 0 saturated carbocycles. The van der Waals surface area contributed by atoms with Crippen LogP contribution in [0.1, 0.15) is 24.0 Å². The molecule has 4 aromatic carbocycles. The van der Waals surface area contributed by atoms with E-state index in [4.69, 9.17) is 0 Å². The lowest BCUT2D eigenvalue weighted by molar-refractivity contribution is 0.456. The molecule has 2 unspecified atom stereocenters. The van der Waals surface area contributed by atoms with Crippen LogP contribution in [-0.2, 0) is 0 Å². The van der Waals surface area contributed by atoms with Crippen LogP contribution in [0.5, 0.6) is 0 Å². The fourth-order valence-corrected chi connectivity index (χ4v) is 5.95. The molecule has 0 aromatic heterocycles. The first-order chi connectivity index (χ1) is 16.8. The Hall–Kier alpha value is -3.91. The highest BCUT2D eigenvalue weighted by molar-refractivity contribution is 6.26. The molecule has 3 aliphatic rings. The van der Waals surface area contributed by atoms with Crippen LogP contribution in [0.15, 0.2) is 102 Å². The zero-order valence-corrected chi connectivity index (χ0v) is 19.3. The van der Waals surface area contributed by atoms with Crippen molar-refractivity contribution in [1.82, 2.24) is 4.90 Å². The summed E-state index contributed by atoms with van der Waals surface area (Å²) in [5, 5.41) is 7.96. The van der Waals surface area contributed by atoms with Crippen molar-refractivity contribution in [1.29, 1.82) is 0 Å². The molecule has 1 aliphatic heterocycles. The second-order valence-electron chi connectivity index (χ2n) is 9.60. The van der Waals surface area contributed by atoms with Crippen molar-refractivity contribution >= 4 is 49.8 Å². The second-order valence-corrected chi connectivity index (χ2v) is 9.60. The molecule has 7 rings (SSSR count). The Bertz CT molecular complexity index is 1610. The van der Waals surface area contributed by atoms with Crippen LogP contribution in [0, 0.1) is 0 Å². The van der Waals surface area contributed by atoms with Gasteiger partial charge in [-0.2, -0.15) is 0 Å². The highest BCUT2D eigenvalue weighted by atomic mass is 15.2. The summed E-state index contributed by atoms with van der Waals surface area (Å²) < 4.78 is 0. The summed E-state index contributed by atoms with van der Waals surface area (Å²) in [6.45, 7) is 0. The van der Waals surface area contributed by atoms with E-state index in [-0.39, 0.29) is 12.1 Å². The zero-order chi connectivity index (χ0) is 22.6. The highest BCUT2D eigenvalue weighted by Gasteiger charge is 2.32. The first-order valence-corrected chi connectivity index (χ1v) is 12.2. The first kappa shape index (κ1) is 19.5. The third-order valence-electron chi connectivity index (χ3n) is 7.64. The molecular formula is C32H26N2. The second kappa shape index (κ2) is 7.56. The first-order valence-electron chi connectivity index (χ1n) is 12.2. The maximum absolute atomic E-state index is 4.68. The van der Waals surface area contributed by atoms with E-state index in [9.17, 15) is 0 Å². The molecule has 2 atom stereocenters. The lowest BCUT2D eigenvalue weighted by Gasteiger charge is -2.28. The van der Waals surface area contributed by atoms with E-state index in [1.807, 2.05) is 6.34 Å². The van der Waals surface area contributed by atoms with Gasteiger partial charge in [0.1, 0.15) is 0 Å². The number of fused-ring (bicyclic) bond motifs is 7. The Labute approximate surface area is 199 Å². The number of likely N-dealkylation sites (N-methyl/N-ethyl adjacent to an activating group) is 1. The Kier molecular flexibility index (Phi) is 4.35. The van der Waals surface area contributed by atoms with Crippen molar-refractivity contribution in [3.63, 3.8) is 0 Å². The zero-order valence-electron chi connectivity index (χ0n) is 19.3. The van der Waals surface area contributed by atoms with Crippen LogP contribution in [0.25, 0.3) is 43.5 Å². The molecule has 4 aromatic rings. The molecule has 0 N–H and O–H groups in total. The fourth-order valence-electron chi connectivity index (χ4n) is 5.95. The predicted molar refractivity (Wildman–Crippen MR) is 146 cm³/mol. The van der Waals surface area contributed by atoms with E-state index >= 15 is 0 Å². The monoisotopic (exact) mass is 438 g/mol. The molecule has 34 heavy (non-hydrogen) atoms. The predicted octanol–water partition coefficient (Wildman–Crippen LogP) is 7.54. The standard InChI is InChI=1S/C32H26N2/c1-34-20-33-31-13-7-12-24(32(31)34)23-15-17-28-27-16-14-22(21-8-3-2-4-9-21)18-29(27)25-10-5-6-11-26(25)30(28)19-23/h2-3,5-8,10-20,31-32H,4,9H2,1H3. The summed E-state index contributed by atoms with van der Waals surface area (Å²) in [7, 11) is 2.13. The molecule has 0 spiro atoms. The molecular weight excluding hydrogens is 412 g/mol. The van der Waals surface area contributed by atoms with Gasteiger partial charge in [0.25, 0.3) is 0 Å². The van der Waals surface area contributed by atoms with E-state index in [1.54, 1.807) is 0 Å². The number of aliphatic imine (C=N–C) groups is 1. The van der Waals surface area contributed by atoms with Crippen molar-refractivity contribution in [3.05, 3.63) is 108 Å². The number of hydrogen-bond donors (Lipinski definition) is 0. The summed E-state index contributed by atoms with van der Waals surface area (Å²) in [6.07, 6.45) is 17.5. The largest absolute Gasteiger partial charge is 0.356 e. The fraction of sp³-hybridized carbons (Fsp3) is 0.156. The SMILES string of the molecule is CN1C=NC2C=CC=C(c3ccc4c5ccc(C6=CC=CCC6)cc5c5ccccc5c4c3)C21. The highest BCUT2D eigenvalue weighted by Crippen LogP contribution is 2.40. The number of hydrogen-bond acceptors (Lipinski definition) is 2. The average Bonchev–Trinajstić information content (AvgIpc) is 3.29. The van der Waals surface area contributed by atoms with Gasteiger partial charge in [0.05, 0.1) is 18.4 Å². The molecule has 0 saturated heterocycles. The van der Waals surface area contributed by atoms with Gasteiger partial charge in [0.15, 0.2) is 0 Å². The Morgan fingerprint density at radius 2 is 1.47 bits per heavy atom. The van der Waals surface area contributed by atoms with Crippen molar-refractivity contribution < 1.29 is 0 Å². The van der Waals surface area contributed by atoms with Crippen LogP contribution in [0.4, 0.5) is 0 Å². The third-order valence-corrected chi connectivity index (χ3v) is 7.64. The normalized spacial score (nSPS) is 21.4. The maximum Gasteiger partial charge on any atom is 0.0945 e. The van der Waals surface area contributed by atoms with Crippen molar-refractivity contribution in [2.45, 2.75) is 24.9 Å². The van der Waals surface area contributed by atoms with Crippen LogP contribution < -0.4 is 0 Å². The lowest BCUT2D eigenvalue weighted by Crippen LogP contribution is -2.35. The number of benzene rings is 4. The summed E-state index contributed by atoms with van der Waals surface area (Å²) >= 11 is 0. The average molecular weight is 439 g/mol. The Balaban J connectivity index is 1.46. The van der Waals surface area contributed by atoms with E-state index < -0.39 is 0 Å². The third kappa shape index (κ3) is 2.92. The maximum atomic E-state index is 4.68. The smallest absolute Gasteiger partial charge is 0.0945 e. The van der Waals surface area contributed by atoms with Gasteiger partial charge in [-0.1, -0.05) is 85.0 Å². The Morgan fingerprint density at radius 3 is 2.21 bits per heavy atom. The quantitative estimate of drug-likeness (QED) is 0.295. The number of nitrogens with zero attached hydrogens (tertiary/aromatic N) is 2. The molecule has 0 amide bonds. The Morgan fingerprint density at radius 1 is 0.765 bits per heavy atom. The summed E-state index contributed by atoms with van der Waals surface area (Å²) in [5.74, 6) is 0. The minimum atomic E-state index is 0.205. The topological polar surface area (TPSA) is 15.6 Å². The van der Waals surface area contributed by atoms with E-state index in [0.29, 0.717) is 0 Å².